The fourth-order valence-electron chi connectivity index (χ4n) is 4.62. The lowest BCUT2D eigenvalue weighted by Crippen LogP contribution is -2.23. The number of halogens is 3. The standard InChI is InChI=1S/C28H25F3N6O3/c1-15-11-18(12-21(33-15)25(30)31)23-24(16-5-7-19(29)8-6-16)35-28(32)36-26(23)40-14-20-3-2-4-22(34-20)37-10-9-17(13-37)27(38)39/h2-8,11-12,17,25H,9-10,13-14H2,1H3,(H,38,39)(H2,32,35,36)/t17-/m0/s1. The minimum Gasteiger partial charge on any atom is -0.481 e. The zero-order valence-corrected chi connectivity index (χ0v) is 21.4. The zero-order chi connectivity index (χ0) is 28.4. The number of hydrogen-bond acceptors (Lipinski definition) is 8. The number of alkyl halides is 2. The molecule has 0 unspecified atom stereocenters. The Hall–Kier alpha value is -4.74. The van der Waals surface area contributed by atoms with Crippen LogP contribution in [0.25, 0.3) is 22.4 Å². The summed E-state index contributed by atoms with van der Waals surface area (Å²) in [7, 11) is 0. The second-order valence-corrected chi connectivity index (χ2v) is 9.39. The number of ether oxygens (including phenoxy) is 1. The van der Waals surface area contributed by atoms with Gasteiger partial charge in [-0.05, 0) is 67.4 Å². The first-order valence-corrected chi connectivity index (χ1v) is 12.4. The molecule has 40 heavy (non-hydrogen) atoms. The largest absolute Gasteiger partial charge is 0.481 e. The van der Waals surface area contributed by atoms with E-state index in [1.54, 1.807) is 31.2 Å². The van der Waals surface area contributed by atoms with Gasteiger partial charge < -0.3 is 20.5 Å². The third-order valence-corrected chi connectivity index (χ3v) is 6.51. The summed E-state index contributed by atoms with van der Waals surface area (Å²) >= 11 is 0. The molecular weight excluding hydrogens is 525 g/mol. The Balaban J connectivity index is 1.53. The lowest BCUT2D eigenvalue weighted by Gasteiger charge is -2.18. The molecule has 1 aliphatic rings. The van der Waals surface area contributed by atoms with Crippen LogP contribution in [0.4, 0.5) is 24.9 Å². The summed E-state index contributed by atoms with van der Waals surface area (Å²) in [5.41, 5.74) is 7.83. The number of aryl methyl sites for hydroxylation is 1. The van der Waals surface area contributed by atoms with Crippen LogP contribution in [0, 0.1) is 18.7 Å². The Bertz CT molecular complexity index is 1550. The van der Waals surface area contributed by atoms with E-state index in [1.165, 1.54) is 30.3 Å². The molecule has 1 aliphatic heterocycles. The minimum atomic E-state index is -2.81. The first-order valence-electron chi connectivity index (χ1n) is 12.4. The van der Waals surface area contributed by atoms with Crippen LogP contribution in [0.3, 0.4) is 0 Å². The molecule has 3 N–H and O–H groups in total. The molecule has 1 fully saturated rings. The molecule has 1 saturated heterocycles. The van der Waals surface area contributed by atoms with Crippen molar-refractivity contribution >= 4 is 17.7 Å². The Labute approximate surface area is 227 Å². The molecule has 4 heterocycles. The van der Waals surface area contributed by atoms with E-state index in [-0.39, 0.29) is 29.7 Å². The fraction of sp³-hybridized carbons (Fsp3) is 0.250. The highest BCUT2D eigenvalue weighted by molar-refractivity contribution is 5.85. The van der Waals surface area contributed by atoms with Crippen molar-refractivity contribution in [3.63, 3.8) is 0 Å². The van der Waals surface area contributed by atoms with Gasteiger partial charge in [0.05, 0.1) is 22.9 Å². The monoisotopic (exact) mass is 550 g/mol. The van der Waals surface area contributed by atoms with E-state index in [4.69, 9.17) is 10.5 Å². The van der Waals surface area contributed by atoms with Crippen LogP contribution in [0.15, 0.2) is 54.6 Å². The summed E-state index contributed by atoms with van der Waals surface area (Å²) in [6.07, 6.45) is -2.29. The molecule has 1 atom stereocenters. The maximum absolute atomic E-state index is 13.7. The summed E-state index contributed by atoms with van der Waals surface area (Å²) in [6.45, 7) is 2.46. The van der Waals surface area contributed by atoms with Gasteiger partial charge in [0.25, 0.3) is 6.43 Å². The molecule has 3 aromatic heterocycles. The zero-order valence-electron chi connectivity index (χ0n) is 21.4. The number of anilines is 2. The summed E-state index contributed by atoms with van der Waals surface area (Å²) in [5.74, 6) is -1.24. The number of hydrogen-bond donors (Lipinski definition) is 2. The maximum atomic E-state index is 13.7. The van der Waals surface area contributed by atoms with Crippen LogP contribution in [0.5, 0.6) is 5.88 Å². The molecule has 4 aromatic rings. The molecule has 1 aromatic carbocycles. The van der Waals surface area contributed by atoms with Crippen LogP contribution < -0.4 is 15.4 Å². The lowest BCUT2D eigenvalue weighted by molar-refractivity contribution is -0.140. The van der Waals surface area contributed by atoms with Gasteiger partial charge in [0.2, 0.25) is 11.8 Å². The molecule has 5 rings (SSSR count). The van der Waals surface area contributed by atoms with Gasteiger partial charge in [0.1, 0.15) is 23.9 Å². The van der Waals surface area contributed by atoms with Crippen molar-refractivity contribution in [3.8, 4) is 28.3 Å². The van der Waals surface area contributed by atoms with E-state index in [0.29, 0.717) is 47.8 Å². The Morgan fingerprint density at radius 1 is 1.10 bits per heavy atom. The quantitative estimate of drug-likeness (QED) is 0.310. The number of aromatic nitrogens is 4. The van der Waals surface area contributed by atoms with E-state index in [0.717, 1.165) is 0 Å². The Morgan fingerprint density at radius 3 is 2.58 bits per heavy atom. The van der Waals surface area contributed by atoms with Crippen LogP contribution in [-0.2, 0) is 11.4 Å². The highest BCUT2D eigenvalue weighted by Crippen LogP contribution is 2.39. The molecule has 0 aliphatic carbocycles. The van der Waals surface area contributed by atoms with Crippen LogP contribution >= 0.6 is 0 Å². The van der Waals surface area contributed by atoms with Crippen molar-refractivity contribution in [2.45, 2.75) is 26.4 Å². The van der Waals surface area contributed by atoms with Crippen LogP contribution in [0.1, 0.15) is 29.9 Å². The highest BCUT2D eigenvalue weighted by Gasteiger charge is 2.29. The summed E-state index contributed by atoms with van der Waals surface area (Å²) < 4.78 is 47.0. The van der Waals surface area contributed by atoms with Gasteiger partial charge >= 0.3 is 5.97 Å². The van der Waals surface area contributed by atoms with Crippen molar-refractivity contribution in [3.05, 3.63) is 77.5 Å². The van der Waals surface area contributed by atoms with Gasteiger partial charge in [-0.3, -0.25) is 9.78 Å². The number of carboxylic acids is 1. The van der Waals surface area contributed by atoms with Crippen LogP contribution in [0.2, 0.25) is 0 Å². The Morgan fingerprint density at radius 2 is 1.88 bits per heavy atom. The minimum absolute atomic E-state index is 0.0250. The number of nitrogens with zero attached hydrogens (tertiary/aromatic N) is 5. The van der Waals surface area contributed by atoms with Gasteiger partial charge in [-0.2, -0.15) is 4.98 Å². The van der Waals surface area contributed by atoms with Gasteiger partial charge in [-0.1, -0.05) is 6.07 Å². The van der Waals surface area contributed by atoms with Crippen LogP contribution in [-0.4, -0.2) is 44.1 Å². The first-order chi connectivity index (χ1) is 19.2. The van der Waals surface area contributed by atoms with Crippen molar-refractivity contribution in [2.75, 3.05) is 23.7 Å². The number of benzene rings is 1. The molecule has 0 radical (unpaired) electrons. The predicted molar refractivity (Wildman–Crippen MR) is 141 cm³/mol. The van der Waals surface area contributed by atoms with E-state index >= 15 is 0 Å². The average Bonchev–Trinajstić information content (AvgIpc) is 3.43. The first kappa shape index (κ1) is 26.9. The van der Waals surface area contributed by atoms with Crippen molar-refractivity contribution < 1.29 is 27.8 Å². The normalized spacial score (nSPS) is 15.0. The molecule has 0 saturated carbocycles. The molecule has 0 spiro atoms. The number of carboxylic acid groups (broad SMARTS) is 1. The fourth-order valence-corrected chi connectivity index (χ4v) is 4.62. The second kappa shape index (κ2) is 11.2. The van der Waals surface area contributed by atoms with Crippen molar-refractivity contribution in [1.82, 2.24) is 19.9 Å². The summed E-state index contributed by atoms with van der Waals surface area (Å²) in [5, 5.41) is 9.31. The van der Waals surface area contributed by atoms with E-state index < -0.39 is 29.8 Å². The van der Waals surface area contributed by atoms with Gasteiger partial charge in [0, 0.05) is 24.3 Å². The third kappa shape index (κ3) is 5.80. The number of nitrogens with two attached hydrogens (primary N) is 1. The molecule has 12 heteroatoms. The summed E-state index contributed by atoms with van der Waals surface area (Å²) in [4.78, 5) is 30.4. The number of pyridine rings is 2. The van der Waals surface area contributed by atoms with Crippen molar-refractivity contribution in [1.29, 1.82) is 0 Å². The smallest absolute Gasteiger partial charge is 0.308 e. The van der Waals surface area contributed by atoms with Gasteiger partial charge in [-0.15, -0.1) is 0 Å². The lowest BCUT2D eigenvalue weighted by atomic mass is 9.99. The topological polar surface area (TPSA) is 127 Å². The Kier molecular flexibility index (Phi) is 7.50. The third-order valence-electron chi connectivity index (χ3n) is 6.51. The number of nitrogen functional groups attached to an aromatic ring is 1. The summed E-state index contributed by atoms with van der Waals surface area (Å²) in [6, 6.07) is 13.7. The second-order valence-electron chi connectivity index (χ2n) is 9.39. The number of carbonyl (C=O) groups is 1. The molecule has 206 valence electrons. The predicted octanol–water partition coefficient (Wildman–Crippen LogP) is 5.06. The number of aliphatic carboxylic acids is 1. The molecule has 9 nitrogen and oxygen atoms in total. The van der Waals surface area contributed by atoms with E-state index in [2.05, 4.69) is 19.9 Å². The van der Waals surface area contributed by atoms with E-state index in [9.17, 15) is 23.1 Å². The SMILES string of the molecule is Cc1cc(-c2c(OCc3cccc(N4CC[C@H](C(=O)O)C4)n3)nc(N)nc2-c2ccc(F)cc2)cc(C(F)F)n1. The maximum Gasteiger partial charge on any atom is 0.308 e. The molecular formula is C28H25F3N6O3. The highest BCUT2D eigenvalue weighted by atomic mass is 19.3. The van der Waals surface area contributed by atoms with Crippen molar-refractivity contribution in [2.24, 2.45) is 5.92 Å². The molecule has 0 amide bonds. The molecule has 0 bridgehead atoms. The van der Waals surface area contributed by atoms with E-state index in [1.807, 2.05) is 4.90 Å². The number of rotatable bonds is 8. The average molecular weight is 551 g/mol. The van der Waals surface area contributed by atoms with Gasteiger partial charge in [0.15, 0.2) is 0 Å². The van der Waals surface area contributed by atoms with Gasteiger partial charge in [-0.25, -0.2) is 23.1 Å².